The van der Waals surface area contributed by atoms with Gasteiger partial charge in [0, 0.05) is 24.1 Å². The van der Waals surface area contributed by atoms with Crippen LogP contribution in [0.3, 0.4) is 0 Å². The van der Waals surface area contributed by atoms with Crippen molar-refractivity contribution < 1.29 is 32.6 Å². The molecule has 0 radical (unpaired) electrons. The Labute approximate surface area is 200 Å². The third-order valence-electron chi connectivity index (χ3n) is 5.95. The van der Waals surface area contributed by atoms with Crippen molar-refractivity contribution in [1.29, 1.82) is 0 Å². The van der Waals surface area contributed by atoms with Gasteiger partial charge in [-0.1, -0.05) is 6.07 Å². The molecule has 9 nitrogen and oxygen atoms in total. The third kappa shape index (κ3) is 4.13. The predicted octanol–water partition coefficient (Wildman–Crippen LogP) is 2.92. The first-order chi connectivity index (χ1) is 16.7. The molecule has 0 saturated heterocycles. The lowest BCUT2D eigenvalue weighted by Crippen LogP contribution is -2.50. The SMILES string of the molecule is COc1cc(C(=O)N[C@@H]2C(=O)Nc3c(c(C)nn3C)[C@H]2c2ccc(F)c(F)c2)cc(OC)c1OC. The number of methoxy groups -OCH3 is 3. The number of aromatic nitrogens is 2. The van der Waals surface area contributed by atoms with Crippen LogP contribution in [0.1, 0.15) is 33.1 Å². The maximum absolute atomic E-state index is 14.2. The Bertz CT molecular complexity index is 1300. The Morgan fingerprint density at radius 2 is 1.71 bits per heavy atom. The number of nitrogens with zero attached hydrogens (tertiary/aromatic N) is 2. The van der Waals surface area contributed by atoms with Crippen molar-refractivity contribution >= 4 is 17.6 Å². The lowest BCUT2D eigenvalue weighted by atomic mass is 9.81. The van der Waals surface area contributed by atoms with Crippen LogP contribution in [-0.2, 0) is 11.8 Å². The van der Waals surface area contributed by atoms with Gasteiger partial charge in [-0.05, 0) is 36.8 Å². The first kappa shape index (κ1) is 24.0. The van der Waals surface area contributed by atoms with E-state index in [0.717, 1.165) is 12.1 Å². The molecule has 2 heterocycles. The summed E-state index contributed by atoms with van der Waals surface area (Å²) in [6.07, 6.45) is 0. The van der Waals surface area contributed by atoms with Crippen molar-refractivity contribution in [3.63, 3.8) is 0 Å². The van der Waals surface area contributed by atoms with E-state index in [1.807, 2.05) is 0 Å². The molecule has 0 unspecified atom stereocenters. The van der Waals surface area contributed by atoms with Crippen molar-refractivity contribution in [3.05, 3.63) is 64.4 Å². The Balaban J connectivity index is 1.79. The summed E-state index contributed by atoms with van der Waals surface area (Å²) >= 11 is 0. The van der Waals surface area contributed by atoms with Crippen LogP contribution >= 0.6 is 0 Å². The van der Waals surface area contributed by atoms with Crippen LogP contribution in [-0.4, -0.2) is 49.0 Å². The van der Waals surface area contributed by atoms with Gasteiger partial charge in [-0.25, -0.2) is 8.78 Å². The molecule has 0 fully saturated rings. The van der Waals surface area contributed by atoms with Gasteiger partial charge in [-0.3, -0.25) is 14.3 Å². The second-order valence-corrected chi connectivity index (χ2v) is 7.98. The van der Waals surface area contributed by atoms with E-state index in [4.69, 9.17) is 14.2 Å². The monoisotopic (exact) mass is 486 g/mol. The number of hydrogen-bond donors (Lipinski definition) is 2. The van der Waals surface area contributed by atoms with E-state index >= 15 is 0 Å². The number of amides is 2. The van der Waals surface area contributed by atoms with Gasteiger partial charge in [0.05, 0.1) is 27.0 Å². The summed E-state index contributed by atoms with van der Waals surface area (Å²) in [6.45, 7) is 1.74. The minimum Gasteiger partial charge on any atom is -0.493 e. The average molecular weight is 486 g/mol. The number of hydrogen-bond acceptors (Lipinski definition) is 6. The van der Waals surface area contributed by atoms with E-state index in [-0.39, 0.29) is 17.1 Å². The molecule has 184 valence electrons. The normalized spacial score (nSPS) is 16.8. The van der Waals surface area contributed by atoms with E-state index in [0.29, 0.717) is 28.4 Å². The molecule has 0 aliphatic carbocycles. The largest absolute Gasteiger partial charge is 0.493 e. The molecule has 1 aliphatic heterocycles. The fourth-order valence-corrected chi connectivity index (χ4v) is 4.36. The standard InChI is InChI=1S/C24H24F2N4O5/c1-11-18-19(12-6-7-14(25)15(26)8-12)20(24(32)28-22(18)30(2)29-11)27-23(31)13-9-16(33-3)21(35-5)17(10-13)34-4/h6-10,19-20H,1-5H3,(H,27,31)(H,28,32)/t19-,20+/m1/s1. The van der Waals surface area contributed by atoms with Gasteiger partial charge in [0.25, 0.3) is 5.91 Å². The molecule has 0 spiro atoms. The van der Waals surface area contributed by atoms with Gasteiger partial charge in [0.2, 0.25) is 11.7 Å². The van der Waals surface area contributed by atoms with E-state index < -0.39 is 35.4 Å². The number of nitrogens with one attached hydrogen (secondary N) is 2. The Kier molecular flexibility index (Phi) is 6.33. The van der Waals surface area contributed by atoms with Gasteiger partial charge in [-0.2, -0.15) is 5.10 Å². The summed E-state index contributed by atoms with van der Waals surface area (Å²) < 4.78 is 45.3. The molecular weight excluding hydrogens is 462 g/mol. The molecule has 3 aromatic rings. The molecular formula is C24H24F2N4O5. The zero-order chi connectivity index (χ0) is 25.4. The molecule has 0 bridgehead atoms. The number of carbonyl (C=O) groups excluding carboxylic acids is 2. The number of anilines is 1. The maximum Gasteiger partial charge on any atom is 0.252 e. The van der Waals surface area contributed by atoms with Crippen molar-refractivity contribution in [2.45, 2.75) is 18.9 Å². The van der Waals surface area contributed by atoms with Gasteiger partial charge < -0.3 is 24.8 Å². The summed E-state index contributed by atoms with van der Waals surface area (Å²) in [6, 6.07) is 5.14. The number of rotatable bonds is 6. The highest BCUT2D eigenvalue weighted by molar-refractivity contribution is 6.04. The maximum atomic E-state index is 14.2. The van der Waals surface area contributed by atoms with Crippen molar-refractivity contribution in [2.24, 2.45) is 7.05 Å². The van der Waals surface area contributed by atoms with Crippen LogP contribution in [0.5, 0.6) is 17.2 Å². The van der Waals surface area contributed by atoms with Gasteiger partial charge in [-0.15, -0.1) is 0 Å². The van der Waals surface area contributed by atoms with Crippen LogP contribution in [0.15, 0.2) is 30.3 Å². The van der Waals surface area contributed by atoms with Crippen LogP contribution in [0.2, 0.25) is 0 Å². The molecule has 11 heteroatoms. The molecule has 35 heavy (non-hydrogen) atoms. The summed E-state index contributed by atoms with van der Waals surface area (Å²) in [5, 5.41) is 9.84. The molecule has 0 saturated carbocycles. The molecule has 1 aliphatic rings. The number of carbonyl (C=O) groups is 2. The third-order valence-corrected chi connectivity index (χ3v) is 5.95. The van der Waals surface area contributed by atoms with Gasteiger partial charge >= 0.3 is 0 Å². The van der Waals surface area contributed by atoms with Gasteiger partial charge in [0.15, 0.2) is 23.1 Å². The average Bonchev–Trinajstić information content (AvgIpc) is 3.12. The molecule has 2 aromatic carbocycles. The molecule has 4 rings (SSSR count). The highest BCUT2D eigenvalue weighted by Gasteiger charge is 2.41. The second-order valence-electron chi connectivity index (χ2n) is 7.98. The quantitative estimate of drug-likeness (QED) is 0.556. The Hall–Kier alpha value is -4.15. The first-order valence-corrected chi connectivity index (χ1v) is 10.6. The number of fused-ring (bicyclic) bond motifs is 1. The van der Waals surface area contributed by atoms with Crippen molar-refractivity contribution in [2.75, 3.05) is 26.6 Å². The molecule has 2 N–H and O–H groups in total. The smallest absolute Gasteiger partial charge is 0.252 e. The van der Waals surface area contributed by atoms with E-state index in [1.165, 1.54) is 44.2 Å². The Morgan fingerprint density at radius 3 is 2.29 bits per heavy atom. The number of ether oxygens (including phenoxy) is 3. The van der Waals surface area contributed by atoms with Crippen LogP contribution in [0.4, 0.5) is 14.6 Å². The number of aryl methyl sites for hydroxylation is 2. The lowest BCUT2D eigenvalue weighted by molar-refractivity contribution is -0.118. The molecule has 2 atom stereocenters. The summed E-state index contributed by atoms with van der Waals surface area (Å²) in [5.74, 6) is -2.81. The minimum absolute atomic E-state index is 0.144. The van der Waals surface area contributed by atoms with Crippen LogP contribution in [0.25, 0.3) is 0 Å². The summed E-state index contributed by atoms with van der Waals surface area (Å²) in [4.78, 5) is 26.5. The van der Waals surface area contributed by atoms with Gasteiger partial charge in [0.1, 0.15) is 11.9 Å². The summed E-state index contributed by atoms with van der Waals surface area (Å²) in [7, 11) is 5.93. The topological polar surface area (TPSA) is 104 Å². The zero-order valence-electron chi connectivity index (χ0n) is 19.7. The second kappa shape index (κ2) is 9.24. The van der Waals surface area contributed by atoms with Crippen molar-refractivity contribution in [3.8, 4) is 17.2 Å². The first-order valence-electron chi connectivity index (χ1n) is 10.6. The van der Waals surface area contributed by atoms with Crippen LogP contribution in [0, 0.1) is 18.6 Å². The minimum atomic E-state index is -1.15. The zero-order valence-corrected chi connectivity index (χ0v) is 19.7. The van der Waals surface area contributed by atoms with Crippen molar-refractivity contribution in [1.82, 2.24) is 15.1 Å². The highest BCUT2D eigenvalue weighted by Crippen LogP contribution is 2.41. The fourth-order valence-electron chi connectivity index (χ4n) is 4.36. The number of benzene rings is 2. The van der Waals surface area contributed by atoms with E-state index in [1.54, 1.807) is 14.0 Å². The van der Waals surface area contributed by atoms with Crippen LogP contribution < -0.4 is 24.8 Å². The Morgan fingerprint density at radius 1 is 1.06 bits per heavy atom. The molecule has 1 aromatic heterocycles. The van der Waals surface area contributed by atoms with E-state index in [9.17, 15) is 18.4 Å². The highest BCUT2D eigenvalue weighted by atomic mass is 19.2. The number of halogens is 2. The fraction of sp³-hybridized carbons (Fsp3) is 0.292. The summed E-state index contributed by atoms with van der Waals surface area (Å²) in [5.41, 5.74) is 1.62. The predicted molar refractivity (Wildman–Crippen MR) is 122 cm³/mol. The molecule has 2 amide bonds. The van der Waals surface area contributed by atoms with E-state index in [2.05, 4.69) is 15.7 Å². The lowest BCUT2D eigenvalue weighted by Gasteiger charge is -2.32.